The van der Waals surface area contributed by atoms with Crippen molar-refractivity contribution in [2.24, 2.45) is 0 Å². The molecule has 1 aliphatic rings. The van der Waals surface area contributed by atoms with Crippen LogP contribution in [0.25, 0.3) is 0 Å². The summed E-state index contributed by atoms with van der Waals surface area (Å²) in [5.74, 6) is -0.290. The number of carbonyl (C=O) groups is 1. The third-order valence-electron chi connectivity index (χ3n) is 4.67. The Balaban J connectivity index is 1.85. The minimum Gasteiger partial charge on any atom is -0.468 e. The first-order valence-corrected chi connectivity index (χ1v) is 8.04. The van der Waals surface area contributed by atoms with Gasteiger partial charge in [-0.05, 0) is 38.3 Å². The van der Waals surface area contributed by atoms with E-state index in [0.717, 1.165) is 17.0 Å². The smallest absolute Gasteiger partial charge is 0.323 e. The lowest BCUT2D eigenvalue weighted by Gasteiger charge is -2.36. The first kappa shape index (κ1) is 16.7. The molecular weight excluding hydrogens is 310 g/mol. The molecule has 24 heavy (non-hydrogen) atoms. The molecule has 2 atom stereocenters. The van der Waals surface area contributed by atoms with Gasteiger partial charge in [-0.15, -0.1) is 10.2 Å². The average molecular weight is 333 g/mol. The molecule has 3 rings (SSSR count). The summed E-state index contributed by atoms with van der Waals surface area (Å²) in [6.45, 7) is 5.36. The van der Waals surface area contributed by atoms with Gasteiger partial charge in [-0.1, -0.05) is 0 Å². The molecule has 0 aliphatic carbocycles. The fourth-order valence-corrected chi connectivity index (χ4v) is 3.42. The zero-order chi connectivity index (χ0) is 17.3. The van der Waals surface area contributed by atoms with Gasteiger partial charge in [0, 0.05) is 24.5 Å². The minimum absolute atomic E-state index is 0.290. The number of aliphatic hydroxyl groups excluding tert-OH is 1. The standard InChI is InChI=1S/C16H23N5O3/c1-11-6-13(12(2)21(11)20-9-17-18-10-20)8-19-5-4-14(22)7-15(19)16(23)24-3/h6,9-10,14-15,22H,4-5,7-8H2,1-3H3/t14-,15+/m0/s1. The van der Waals surface area contributed by atoms with Crippen molar-refractivity contribution < 1.29 is 14.6 Å². The molecule has 130 valence electrons. The van der Waals surface area contributed by atoms with Crippen LogP contribution in [0.5, 0.6) is 0 Å². The fourth-order valence-electron chi connectivity index (χ4n) is 3.42. The second-order valence-electron chi connectivity index (χ2n) is 6.24. The van der Waals surface area contributed by atoms with Crippen LogP contribution >= 0.6 is 0 Å². The third-order valence-corrected chi connectivity index (χ3v) is 4.67. The maximum atomic E-state index is 12.1. The van der Waals surface area contributed by atoms with Crippen LogP contribution in [0.2, 0.25) is 0 Å². The van der Waals surface area contributed by atoms with Crippen molar-refractivity contribution in [3.05, 3.63) is 35.7 Å². The van der Waals surface area contributed by atoms with Crippen LogP contribution in [0.1, 0.15) is 29.8 Å². The van der Waals surface area contributed by atoms with Crippen LogP contribution < -0.4 is 0 Å². The molecule has 2 aromatic rings. The molecule has 0 saturated carbocycles. The molecule has 1 saturated heterocycles. The van der Waals surface area contributed by atoms with Crippen LogP contribution in [0, 0.1) is 13.8 Å². The zero-order valence-corrected chi connectivity index (χ0v) is 14.2. The first-order chi connectivity index (χ1) is 11.5. The Bertz CT molecular complexity index is 710. The SMILES string of the molecule is COC(=O)[C@H]1C[C@@H](O)CCN1Cc1cc(C)n(-n2cnnc2)c1C. The predicted molar refractivity (Wildman–Crippen MR) is 86.2 cm³/mol. The Kier molecular flexibility index (Phi) is 4.68. The second kappa shape index (κ2) is 6.74. The van der Waals surface area contributed by atoms with E-state index >= 15 is 0 Å². The van der Waals surface area contributed by atoms with Gasteiger partial charge in [-0.25, -0.2) is 4.68 Å². The largest absolute Gasteiger partial charge is 0.468 e. The summed E-state index contributed by atoms with van der Waals surface area (Å²) in [5, 5.41) is 17.6. The zero-order valence-electron chi connectivity index (χ0n) is 14.2. The molecule has 0 amide bonds. The van der Waals surface area contributed by atoms with Gasteiger partial charge >= 0.3 is 5.97 Å². The third kappa shape index (κ3) is 3.07. The van der Waals surface area contributed by atoms with Crippen molar-refractivity contribution in [2.45, 2.75) is 45.4 Å². The van der Waals surface area contributed by atoms with Gasteiger partial charge in [0.05, 0.1) is 13.2 Å². The Morgan fingerprint density at radius 1 is 1.38 bits per heavy atom. The summed E-state index contributed by atoms with van der Waals surface area (Å²) in [5.41, 5.74) is 3.27. The Morgan fingerprint density at radius 3 is 2.75 bits per heavy atom. The van der Waals surface area contributed by atoms with E-state index in [1.165, 1.54) is 7.11 Å². The first-order valence-electron chi connectivity index (χ1n) is 8.04. The number of aliphatic hydroxyl groups is 1. The Hall–Kier alpha value is -2.19. The summed E-state index contributed by atoms with van der Waals surface area (Å²) in [4.78, 5) is 14.1. The number of aryl methyl sites for hydroxylation is 1. The number of nitrogens with zero attached hydrogens (tertiary/aromatic N) is 5. The molecule has 1 N–H and O–H groups in total. The molecule has 0 radical (unpaired) electrons. The number of carbonyl (C=O) groups excluding carboxylic acids is 1. The van der Waals surface area contributed by atoms with E-state index in [1.54, 1.807) is 12.7 Å². The van der Waals surface area contributed by atoms with Crippen molar-refractivity contribution >= 4 is 5.97 Å². The van der Waals surface area contributed by atoms with Crippen LogP contribution in [-0.2, 0) is 16.1 Å². The molecule has 8 nitrogen and oxygen atoms in total. The quantitative estimate of drug-likeness (QED) is 0.821. The highest BCUT2D eigenvalue weighted by atomic mass is 16.5. The minimum atomic E-state index is -0.449. The van der Waals surface area contributed by atoms with Gasteiger partial charge in [0.2, 0.25) is 0 Å². The number of aromatic nitrogens is 4. The summed E-state index contributed by atoms with van der Waals surface area (Å²) < 4.78 is 8.76. The molecule has 0 bridgehead atoms. The normalized spacial score (nSPS) is 21.8. The van der Waals surface area contributed by atoms with Crippen molar-refractivity contribution in [1.82, 2.24) is 24.4 Å². The van der Waals surface area contributed by atoms with Gasteiger partial charge in [0.1, 0.15) is 18.7 Å². The summed E-state index contributed by atoms with van der Waals surface area (Å²) >= 11 is 0. The lowest BCUT2D eigenvalue weighted by Crippen LogP contribution is -2.48. The number of piperidine rings is 1. The highest BCUT2D eigenvalue weighted by Crippen LogP contribution is 2.24. The number of esters is 1. The number of rotatable bonds is 4. The lowest BCUT2D eigenvalue weighted by atomic mass is 9.98. The fraction of sp³-hybridized carbons (Fsp3) is 0.562. The Morgan fingerprint density at radius 2 is 2.08 bits per heavy atom. The Labute approximate surface area is 140 Å². The highest BCUT2D eigenvalue weighted by molar-refractivity contribution is 5.75. The van der Waals surface area contributed by atoms with E-state index in [0.29, 0.717) is 25.9 Å². The van der Waals surface area contributed by atoms with E-state index in [1.807, 2.05) is 23.2 Å². The number of methoxy groups -OCH3 is 1. The van der Waals surface area contributed by atoms with E-state index in [4.69, 9.17) is 4.74 Å². The van der Waals surface area contributed by atoms with Gasteiger partial charge in [0.25, 0.3) is 0 Å². The van der Waals surface area contributed by atoms with Crippen molar-refractivity contribution in [3.63, 3.8) is 0 Å². The summed E-state index contributed by atoms with van der Waals surface area (Å²) in [6.07, 6.45) is 3.93. The number of ether oxygens (including phenoxy) is 1. The molecule has 2 aromatic heterocycles. The summed E-state index contributed by atoms with van der Waals surface area (Å²) in [6, 6.07) is 1.70. The van der Waals surface area contributed by atoms with Gasteiger partial charge in [-0.2, -0.15) is 0 Å². The second-order valence-corrected chi connectivity index (χ2v) is 6.24. The van der Waals surface area contributed by atoms with Crippen LogP contribution in [-0.4, -0.2) is 61.3 Å². The average Bonchev–Trinajstić information content (AvgIpc) is 3.17. The topological polar surface area (TPSA) is 85.4 Å². The highest BCUT2D eigenvalue weighted by Gasteiger charge is 2.34. The van der Waals surface area contributed by atoms with E-state index < -0.39 is 12.1 Å². The molecule has 0 spiro atoms. The number of hydrogen-bond acceptors (Lipinski definition) is 6. The molecule has 8 heteroatoms. The van der Waals surface area contributed by atoms with Crippen molar-refractivity contribution in [2.75, 3.05) is 13.7 Å². The van der Waals surface area contributed by atoms with Crippen molar-refractivity contribution in [3.8, 4) is 0 Å². The van der Waals surface area contributed by atoms with Crippen molar-refractivity contribution in [1.29, 1.82) is 0 Å². The molecule has 0 unspecified atom stereocenters. The summed E-state index contributed by atoms with van der Waals surface area (Å²) in [7, 11) is 1.39. The lowest BCUT2D eigenvalue weighted by molar-refractivity contribution is -0.150. The van der Waals surface area contributed by atoms with Crippen LogP contribution in [0.15, 0.2) is 18.7 Å². The molecule has 1 aliphatic heterocycles. The predicted octanol–water partition coefficient (Wildman–Crippen LogP) is 0.506. The van der Waals surface area contributed by atoms with E-state index in [9.17, 15) is 9.90 Å². The number of likely N-dealkylation sites (tertiary alicyclic amines) is 1. The molecule has 0 aromatic carbocycles. The molecular formula is C16H23N5O3. The van der Waals surface area contributed by atoms with Crippen LogP contribution in [0.4, 0.5) is 0 Å². The molecule has 1 fully saturated rings. The van der Waals surface area contributed by atoms with E-state index in [2.05, 4.69) is 21.2 Å². The van der Waals surface area contributed by atoms with Gasteiger partial charge in [-0.3, -0.25) is 14.4 Å². The van der Waals surface area contributed by atoms with Crippen LogP contribution in [0.3, 0.4) is 0 Å². The molecule has 3 heterocycles. The monoisotopic (exact) mass is 333 g/mol. The maximum Gasteiger partial charge on any atom is 0.323 e. The van der Waals surface area contributed by atoms with Gasteiger partial charge in [0.15, 0.2) is 0 Å². The number of hydrogen-bond donors (Lipinski definition) is 1. The van der Waals surface area contributed by atoms with Gasteiger partial charge < -0.3 is 9.84 Å². The maximum absolute atomic E-state index is 12.1. The van der Waals surface area contributed by atoms with E-state index in [-0.39, 0.29) is 5.97 Å².